The Labute approximate surface area is 197 Å². The van der Waals surface area contributed by atoms with E-state index in [9.17, 15) is 8.78 Å². The Hall–Kier alpha value is -3.09. The first kappa shape index (κ1) is 22.7. The summed E-state index contributed by atoms with van der Waals surface area (Å²) in [5.41, 5.74) is 3.81. The summed E-state index contributed by atoms with van der Waals surface area (Å²) in [6.07, 6.45) is 2.16. The molecule has 34 heavy (non-hydrogen) atoms. The van der Waals surface area contributed by atoms with E-state index in [1.807, 2.05) is 14.0 Å². The predicted octanol–water partition coefficient (Wildman–Crippen LogP) is 6.99. The van der Waals surface area contributed by atoms with Gasteiger partial charge in [0.15, 0.2) is 0 Å². The van der Waals surface area contributed by atoms with E-state index < -0.39 is 29.3 Å². The maximum absolute atomic E-state index is 15.3. The molecule has 2 heterocycles. The van der Waals surface area contributed by atoms with Crippen molar-refractivity contribution in [3.63, 3.8) is 0 Å². The van der Waals surface area contributed by atoms with Crippen molar-refractivity contribution in [1.82, 2.24) is 9.97 Å². The van der Waals surface area contributed by atoms with Crippen molar-refractivity contribution in [1.29, 1.82) is 0 Å². The van der Waals surface area contributed by atoms with Gasteiger partial charge >= 0.3 is 0 Å². The number of aromatic nitrogens is 2. The summed E-state index contributed by atoms with van der Waals surface area (Å²) in [7, 11) is 2.01. The van der Waals surface area contributed by atoms with Crippen molar-refractivity contribution in [3.8, 4) is 0 Å². The number of hydrogen-bond donors (Lipinski definition) is 1. The second-order valence-electron chi connectivity index (χ2n) is 9.95. The van der Waals surface area contributed by atoms with Gasteiger partial charge in [-0.3, -0.25) is 0 Å². The van der Waals surface area contributed by atoms with E-state index in [2.05, 4.69) is 38.9 Å². The van der Waals surface area contributed by atoms with Crippen LogP contribution >= 0.6 is 0 Å². The molecule has 178 valence electrons. The van der Waals surface area contributed by atoms with Crippen LogP contribution in [-0.4, -0.2) is 17.0 Å². The number of anilines is 2. The van der Waals surface area contributed by atoms with Crippen molar-refractivity contribution in [2.45, 2.75) is 57.9 Å². The van der Waals surface area contributed by atoms with Crippen molar-refractivity contribution in [2.75, 3.05) is 17.3 Å². The number of fused-ring (bicyclic) bond motifs is 3. The van der Waals surface area contributed by atoms with Crippen molar-refractivity contribution >= 4 is 22.4 Å². The summed E-state index contributed by atoms with van der Waals surface area (Å²) in [6, 6.07) is 7.76. The molecule has 1 saturated carbocycles. The highest BCUT2D eigenvalue weighted by Crippen LogP contribution is 2.62. The van der Waals surface area contributed by atoms with Crippen LogP contribution in [-0.2, 0) is 11.3 Å². The fourth-order valence-corrected chi connectivity index (χ4v) is 5.09. The summed E-state index contributed by atoms with van der Waals surface area (Å²) in [5.74, 6) is -4.03. The Morgan fingerprint density at radius 3 is 2.50 bits per heavy atom. The largest absolute Gasteiger partial charge is 0.363 e. The standard InChI is InChI=1S/C27H29F3N4/c1-14(2)27(29,30)20-9-7-8-18(24(20)28)15(3)31-25-19-12-23-21(13-22(19)32-17(5)33-25)26(10-11-26)16(4)34(23)6/h7-9,12-15H,4,10-11H2,1-3,5-6H3,(H,31,32,33)/t15-/m1/s1. The second-order valence-corrected chi connectivity index (χ2v) is 9.95. The monoisotopic (exact) mass is 466 g/mol. The summed E-state index contributed by atoms with van der Waals surface area (Å²) in [4.78, 5) is 11.3. The van der Waals surface area contributed by atoms with E-state index in [-0.39, 0.29) is 11.0 Å². The van der Waals surface area contributed by atoms with E-state index in [0.717, 1.165) is 41.2 Å². The van der Waals surface area contributed by atoms with E-state index in [0.29, 0.717) is 11.6 Å². The lowest BCUT2D eigenvalue weighted by molar-refractivity contribution is -0.0545. The zero-order valence-electron chi connectivity index (χ0n) is 20.1. The van der Waals surface area contributed by atoms with Crippen molar-refractivity contribution in [2.24, 2.45) is 5.92 Å². The van der Waals surface area contributed by atoms with E-state index in [1.54, 1.807) is 6.92 Å². The van der Waals surface area contributed by atoms with E-state index in [1.165, 1.54) is 31.5 Å². The third-order valence-electron chi connectivity index (χ3n) is 7.44. The van der Waals surface area contributed by atoms with Crippen LogP contribution in [0.1, 0.15) is 62.2 Å². The third kappa shape index (κ3) is 3.20. The van der Waals surface area contributed by atoms with Gasteiger partial charge in [-0.2, -0.15) is 0 Å². The Morgan fingerprint density at radius 1 is 1.15 bits per heavy atom. The Kier molecular flexibility index (Phi) is 4.97. The number of halogens is 3. The van der Waals surface area contributed by atoms with Gasteiger partial charge in [0, 0.05) is 40.7 Å². The molecule has 0 radical (unpaired) electrons. The van der Waals surface area contributed by atoms with Gasteiger partial charge in [-0.15, -0.1) is 0 Å². The third-order valence-corrected chi connectivity index (χ3v) is 7.44. The minimum atomic E-state index is -3.26. The molecule has 7 heteroatoms. The van der Waals surface area contributed by atoms with Crippen LogP contribution in [0.4, 0.5) is 24.7 Å². The summed E-state index contributed by atoms with van der Waals surface area (Å²) in [6.45, 7) is 10.6. The predicted molar refractivity (Wildman–Crippen MR) is 130 cm³/mol. The van der Waals surface area contributed by atoms with Gasteiger partial charge in [-0.25, -0.2) is 23.1 Å². The second kappa shape index (κ2) is 7.45. The van der Waals surface area contributed by atoms with Crippen LogP contribution in [0.3, 0.4) is 0 Å². The molecule has 2 aromatic carbocycles. The van der Waals surface area contributed by atoms with Gasteiger partial charge in [-0.05, 0) is 44.4 Å². The number of nitrogens with one attached hydrogen (secondary N) is 1. The van der Waals surface area contributed by atoms with Crippen LogP contribution in [0.2, 0.25) is 0 Å². The molecule has 0 bridgehead atoms. The number of allylic oxidation sites excluding steroid dienone is 1. The van der Waals surface area contributed by atoms with Crippen LogP contribution in [0.15, 0.2) is 42.6 Å². The molecule has 1 atom stereocenters. The fraction of sp³-hybridized carbons (Fsp3) is 0.407. The normalized spacial score (nSPS) is 17.6. The van der Waals surface area contributed by atoms with Gasteiger partial charge in [0.2, 0.25) is 0 Å². The number of alkyl halides is 2. The highest BCUT2D eigenvalue weighted by atomic mass is 19.3. The summed E-state index contributed by atoms with van der Waals surface area (Å²) >= 11 is 0. The Morgan fingerprint density at radius 2 is 1.85 bits per heavy atom. The molecule has 0 saturated heterocycles. The fourth-order valence-electron chi connectivity index (χ4n) is 5.09. The van der Waals surface area contributed by atoms with Gasteiger partial charge < -0.3 is 10.2 Å². The number of aryl methyl sites for hydroxylation is 1. The molecule has 0 amide bonds. The maximum atomic E-state index is 15.3. The minimum absolute atomic E-state index is 0.0171. The van der Waals surface area contributed by atoms with Gasteiger partial charge in [0.05, 0.1) is 17.1 Å². The lowest BCUT2D eigenvalue weighted by atomic mass is 9.93. The van der Waals surface area contributed by atoms with Crippen LogP contribution in [0.25, 0.3) is 10.9 Å². The highest BCUT2D eigenvalue weighted by molar-refractivity contribution is 5.95. The Balaban J connectivity index is 1.56. The topological polar surface area (TPSA) is 41.0 Å². The molecule has 0 unspecified atom stereocenters. The van der Waals surface area contributed by atoms with Crippen molar-refractivity contribution in [3.05, 3.63) is 70.9 Å². The number of rotatable bonds is 5. The van der Waals surface area contributed by atoms with Crippen LogP contribution < -0.4 is 10.2 Å². The molecule has 1 aromatic heterocycles. The van der Waals surface area contributed by atoms with Crippen molar-refractivity contribution < 1.29 is 13.2 Å². The average molecular weight is 467 g/mol. The van der Waals surface area contributed by atoms with Gasteiger partial charge in [0.1, 0.15) is 17.5 Å². The number of benzene rings is 2. The molecule has 5 rings (SSSR count). The first-order valence-corrected chi connectivity index (χ1v) is 11.7. The van der Waals surface area contributed by atoms with E-state index in [4.69, 9.17) is 0 Å². The summed E-state index contributed by atoms with van der Waals surface area (Å²) < 4.78 is 44.6. The maximum Gasteiger partial charge on any atom is 0.278 e. The molecule has 4 nitrogen and oxygen atoms in total. The number of hydrogen-bond acceptors (Lipinski definition) is 4. The van der Waals surface area contributed by atoms with Crippen LogP contribution in [0, 0.1) is 18.7 Å². The molecule has 2 aliphatic rings. The molecule has 1 aliphatic carbocycles. The molecule has 1 spiro atoms. The van der Waals surface area contributed by atoms with E-state index >= 15 is 4.39 Å². The first-order chi connectivity index (χ1) is 16.0. The zero-order chi connectivity index (χ0) is 24.6. The molecule has 1 fully saturated rings. The highest BCUT2D eigenvalue weighted by Gasteiger charge is 2.54. The van der Waals surface area contributed by atoms with Gasteiger partial charge in [0.25, 0.3) is 5.92 Å². The molecule has 3 aromatic rings. The number of nitrogens with zero attached hydrogens (tertiary/aromatic N) is 3. The molecular weight excluding hydrogens is 437 g/mol. The molecule has 1 N–H and O–H groups in total. The van der Waals surface area contributed by atoms with Gasteiger partial charge in [-0.1, -0.05) is 38.6 Å². The smallest absolute Gasteiger partial charge is 0.278 e. The summed E-state index contributed by atoms with van der Waals surface area (Å²) in [5, 5.41) is 4.07. The van der Waals surface area contributed by atoms with Crippen LogP contribution in [0.5, 0.6) is 0 Å². The SMILES string of the molecule is C=C1N(C)c2cc3c(N[C@H](C)c4cccc(C(F)(F)C(C)C)c4F)nc(C)nc3cc2C12CC2. The first-order valence-electron chi connectivity index (χ1n) is 11.7. The zero-order valence-corrected chi connectivity index (χ0v) is 20.1. The lowest BCUT2D eigenvalue weighted by Crippen LogP contribution is -2.24. The quantitative estimate of drug-likeness (QED) is 0.440. The minimum Gasteiger partial charge on any atom is -0.363 e. The molecular formula is C27H29F3N4. The average Bonchev–Trinajstić information content (AvgIpc) is 3.55. The number of likely N-dealkylation sites (N-methyl/N-ethyl adjacent to an activating group) is 1. The Bertz CT molecular complexity index is 1330. The molecule has 1 aliphatic heterocycles. The lowest BCUT2D eigenvalue weighted by Gasteiger charge is -2.24.